The Morgan fingerprint density at radius 2 is 2.19 bits per heavy atom. The van der Waals surface area contributed by atoms with Gasteiger partial charge in [-0.1, -0.05) is 25.9 Å². The van der Waals surface area contributed by atoms with Crippen molar-refractivity contribution in [2.45, 2.75) is 45.6 Å². The normalized spacial score (nSPS) is 36.6. The molecule has 1 aromatic heterocycles. The van der Waals surface area contributed by atoms with Crippen molar-refractivity contribution >= 4 is 0 Å². The van der Waals surface area contributed by atoms with E-state index < -0.39 is 0 Å². The number of aromatic nitrogens is 2. The predicted molar refractivity (Wildman–Crippen MR) is 60.0 cm³/mol. The highest BCUT2D eigenvalue weighted by molar-refractivity contribution is 5.15. The minimum absolute atomic E-state index is 0.267. The monoisotopic (exact) mass is 221 g/mol. The minimum Gasteiger partial charge on any atom is -0.338 e. The van der Waals surface area contributed by atoms with Crippen LogP contribution in [0.2, 0.25) is 0 Å². The SMILES string of the molecule is CC1CCNC1c1nc(C2CC2(C)C)no1. The highest BCUT2D eigenvalue weighted by atomic mass is 16.5. The second-order valence-electron chi connectivity index (χ2n) is 5.93. The molecule has 0 amide bonds. The van der Waals surface area contributed by atoms with E-state index in [-0.39, 0.29) is 6.04 Å². The van der Waals surface area contributed by atoms with Gasteiger partial charge >= 0.3 is 0 Å². The van der Waals surface area contributed by atoms with Crippen LogP contribution in [0.15, 0.2) is 4.52 Å². The van der Waals surface area contributed by atoms with Crippen LogP contribution in [-0.2, 0) is 0 Å². The van der Waals surface area contributed by atoms with E-state index in [0.717, 1.165) is 18.3 Å². The molecule has 1 N–H and O–H groups in total. The molecule has 3 atom stereocenters. The van der Waals surface area contributed by atoms with Gasteiger partial charge in [0.25, 0.3) is 0 Å². The molecule has 3 unspecified atom stereocenters. The standard InChI is InChI=1S/C12H19N3O/c1-7-4-5-13-9(7)11-14-10(15-16-11)8-6-12(8,2)3/h7-9,13H,4-6H2,1-3H3. The van der Waals surface area contributed by atoms with Gasteiger partial charge in [-0.2, -0.15) is 4.98 Å². The molecule has 2 fully saturated rings. The maximum atomic E-state index is 5.39. The van der Waals surface area contributed by atoms with Gasteiger partial charge in [-0.05, 0) is 30.7 Å². The fraction of sp³-hybridized carbons (Fsp3) is 0.833. The van der Waals surface area contributed by atoms with E-state index in [1.807, 2.05) is 0 Å². The molecule has 4 heteroatoms. The molecule has 1 aliphatic heterocycles. The predicted octanol–water partition coefficient (Wildman–Crippen LogP) is 2.25. The van der Waals surface area contributed by atoms with Crippen molar-refractivity contribution in [1.29, 1.82) is 0 Å². The van der Waals surface area contributed by atoms with Crippen molar-refractivity contribution in [3.05, 3.63) is 11.7 Å². The number of rotatable bonds is 2. The molecule has 88 valence electrons. The largest absolute Gasteiger partial charge is 0.338 e. The molecular formula is C12H19N3O. The molecule has 1 aliphatic carbocycles. The second-order valence-corrected chi connectivity index (χ2v) is 5.93. The Balaban J connectivity index is 1.78. The van der Waals surface area contributed by atoms with Crippen LogP contribution in [0.5, 0.6) is 0 Å². The molecule has 16 heavy (non-hydrogen) atoms. The van der Waals surface area contributed by atoms with Crippen LogP contribution in [0.4, 0.5) is 0 Å². The van der Waals surface area contributed by atoms with E-state index in [9.17, 15) is 0 Å². The topological polar surface area (TPSA) is 51.0 Å². The van der Waals surface area contributed by atoms with Crippen LogP contribution in [0, 0.1) is 11.3 Å². The van der Waals surface area contributed by atoms with Crippen molar-refractivity contribution in [3.63, 3.8) is 0 Å². The number of nitrogens with one attached hydrogen (secondary N) is 1. The average Bonchev–Trinajstić information content (AvgIpc) is 2.67. The Morgan fingerprint density at radius 1 is 1.44 bits per heavy atom. The summed E-state index contributed by atoms with van der Waals surface area (Å²) in [5.74, 6) is 2.78. The molecule has 0 radical (unpaired) electrons. The Morgan fingerprint density at radius 3 is 2.75 bits per heavy atom. The lowest BCUT2D eigenvalue weighted by atomic mass is 10.0. The van der Waals surface area contributed by atoms with Gasteiger partial charge in [0.15, 0.2) is 5.82 Å². The van der Waals surface area contributed by atoms with Crippen LogP contribution in [0.25, 0.3) is 0 Å². The summed E-state index contributed by atoms with van der Waals surface area (Å²) in [7, 11) is 0. The maximum absolute atomic E-state index is 5.39. The van der Waals surface area contributed by atoms with Gasteiger partial charge in [0.05, 0.1) is 6.04 Å². The third-order valence-electron chi connectivity index (χ3n) is 4.08. The van der Waals surface area contributed by atoms with Crippen LogP contribution in [0.1, 0.15) is 57.3 Å². The van der Waals surface area contributed by atoms with E-state index in [1.165, 1.54) is 12.8 Å². The number of nitrogens with zero attached hydrogens (tertiary/aromatic N) is 2. The zero-order chi connectivity index (χ0) is 11.3. The summed E-state index contributed by atoms with van der Waals surface area (Å²) in [6, 6.07) is 0.267. The van der Waals surface area contributed by atoms with Crippen molar-refractivity contribution in [2.75, 3.05) is 6.54 Å². The molecule has 2 aliphatic rings. The van der Waals surface area contributed by atoms with Gasteiger partial charge < -0.3 is 9.84 Å². The smallest absolute Gasteiger partial charge is 0.244 e. The van der Waals surface area contributed by atoms with Crippen LogP contribution in [-0.4, -0.2) is 16.7 Å². The Bertz CT molecular complexity index is 399. The quantitative estimate of drug-likeness (QED) is 0.832. The summed E-state index contributed by atoms with van der Waals surface area (Å²) in [6.07, 6.45) is 2.37. The zero-order valence-electron chi connectivity index (χ0n) is 10.2. The highest BCUT2D eigenvalue weighted by Gasteiger charge is 2.49. The van der Waals surface area contributed by atoms with Crippen molar-refractivity contribution < 1.29 is 4.52 Å². The van der Waals surface area contributed by atoms with Gasteiger partial charge in [0.2, 0.25) is 5.89 Å². The van der Waals surface area contributed by atoms with E-state index in [4.69, 9.17) is 4.52 Å². The first kappa shape index (κ1) is 10.3. The fourth-order valence-electron chi connectivity index (χ4n) is 2.59. The van der Waals surface area contributed by atoms with E-state index >= 15 is 0 Å². The second kappa shape index (κ2) is 3.29. The lowest BCUT2D eigenvalue weighted by molar-refractivity contribution is 0.316. The average molecular weight is 221 g/mol. The molecule has 1 aromatic rings. The third-order valence-corrected chi connectivity index (χ3v) is 4.08. The van der Waals surface area contributed by atoms with E-state index in [2.05, 4.69) is 36.2 Å². The summed E-state index contributed by atoms with van der Waals surface area (Å²) < 4.78 is 5.39. The van der Waals surface area contributed by atoms with Gasteiger partial charge in [0.1, 0.15) is 0 Å². The lowest BCUT2D eigenvalue weighted by Crippen LogP contribution is -2.16. The number of hydrogen-bond donors (Lipinski definition) is 1. The molecule has 1 saturated heterocycles. The first-order chi connectivity index (χ1) is 7.58. The van der Waals surface area contributed by atoms with Crippen LogP contribution >= 0.6 is 0 Å². The van der Waals surface area contributed by atoms with E-state index in [0.29, 0.717) is 17.3 Å². The molecular weight excluding hydrogens is 202 g/mol. The Kier molecular flexibility index (Phi) is 2.11. The fourth-order valence-corrected chi connectivity index (χ4v) is 2.59. The molecule has 4 nitrogen and oxygen atoms in total. The van der Waals surface area contributed by atoms with Crippen LogP contribution < -0.4 is 5.32 Å². The summed E-state index contributed by atoms with van der Waals surface area (Å²) in [4.78, 5) is 4.56. The lowest BCUT2D eigenvalue weighted by Gasteiger charge is -2.09. The maximum Gasteiger partial charge on any atom is 0.244 e. The molecule has 1 saturated carbocycles. The van der Waals surface area contributed by atoms with Crippen molar-refractivity contribution in [2.24, 2.45) is 11.3 Å². The summed E-state index contributed by atoms with van der Waals surface area (Å²) in [5, 5.41) is 7.55. The molecule has 0 aromatic carbocycles. The molecule has 0 bridgehead atoms. The van der Waals surface area contributed by atoms with E-state index in [1.54, 1.807) is 0 Å². The third kappa shape index (κ3) is 1.56. The van der Waals surface area contributed by atoms with Crippen molar-refractivity contribution in [3.8, 4) is 0 Å². The first-order valence-electron chi connectivity index (χ1n) is 6.15. The Hall–Kier alpha value is -0.900. The highest BCUT2D eigenvalue weighted by Crippen LogP contribution is 2.57. The van der Waals surface area contributed by atoms with Gasteiger partial charge in [-0.25, -0.2) is 0 Å². The summed E-state index contributed by atoms with van der Waals surface area (Å²) in [6.45, 7) is 7.79. The molecule has 2 heterocycles. The number of hydrogen-bond acceptors (Lipinski definition) is 4. The zero-order valence-corrected chi connectivity index (χ0v) is 10.2. The van der Waals surface area contributed by atoms with Gasteiger partial charge in [-0.3, -0.25) is 0 Å². The van der Waals surface area contributed by atoms with Gasteiger partial charge in [0, 0.05) is 5.92 Å². The molecule has 0 spiro atoms. The first-order valence-corrected chi connectivity index (χ1v) is 6.15. The van der Waals surface area contributed by atoms with Crippen LogP contribution in [0.3, 0.4) is 0 Å². The summed E-state index contributed by atoms with van der Waals surface area (Å²) >= 11 is 0. The Labute approximate surface area is 95.8 Å². The van der Waals surface area contributed by atoms with Crippen molar-refractivity contribution in [1.82, 2.24) is 15.5 Å². The molecule has 3 rings (SSSR count). The summed E-state index contributed by atoms with van der Waals surface area (Å²) in [5.41, 5.74) is 0.371. The van der Waals surface area contributed by atoms with Gasteiger partial charge in [-0.15, -0.1) is 0 Å². The minimum atomic E-state index is 0.267.